The Hall–Kier alpha value is -2.92. The van der Waals surface area contributed by atoms with E-state index in [9.17, 15) is 4.79 Å². The highest BCUT2D eigenvalue weighted by Gasteiger charge is 2.26. The van der Waals surface area contributed by atoms with E-state index < -0.39 is 0 Å². The van der Waals surface area contributed by atoms with Crippen molar-refractivity contribution in [2.24, 2.45) is 0 Å². The van der Waals surface area contributed by atoms with Crippen LogP contribution in [0.15, 0.2) is 61.2 Å². The average molecular weight is 408 g/mol. The number of aromatic nitrogens is 2. The Kier molecular flexibility index (Phi) is 6.06. The summed E-state index contributed by atoms with van der Waals surface area (Å²) in [5.74, 6) is 0.754. The Labute approximate surface area is 175 Å². The standard InChI is InChI=1S/C23H22ClN3O2/c24-21-11-17(19-12-25-15-26-13-19)9-18-10-20(29-23(18)21)14-27-22(28)8-4-7-16-5-2-1-3-6-16/h1-3,5-6,9,11-13,15,20H,4,7-8,10,14H2,(H,27,28)/t20-/m0/s1. The maximum absolute atomic E-state index is 12.2. The van der Waals surface area contributed by atoms with Crippen LogP contribution in [0.3, 0.4) is 0 Å². The van der Waals surface area contributed by atoms with E-state index in [2.05, 4.69) is 33.5 Å². The molecule has 0 radical (unpaired) electrons. The number of ether oxygens (including phenoxy) is 1. The maximum Gasteiger partial charge on any atom is 0.220 e. The molecule has 5 nitrogen and oxygen atoms in total. The number of hydrogen-bond acceptors (Lipinski definition) is 4. The molecule has 0 aliphatic carbocycles. The summed E-state index contributed by atoms with van der Waals surface area (Å²) in [4.78, 5) is 20.3. The first-order valence-electron chi connectivity index (χ1n) is 9.74. The summed E-state index contributed by atoms with van der Waals surface area (Å²) in [6.07, 6.45) is 7.86. The van der Waals surface area contributed by atoms with Crippen molar-refractivity contribution in [3.05, 3.63) is 77.3 Å². The average Bonchev–Trinajstić information content (AvgIpc) is 3.17. The van der Waals surface area contributed by atoms with Gasteiger partial charge in [0.05, 0.1) is 11.6 Å². The number of benzene rings is 2. The third kappa shape index (κ3) is 4.93. The summed E-state index contributed by atoms with van der Waals surface area (Å²) in [5.41, 5.74) is 4.17. The molecule has 2 heterocycles. The van der Waals surface area contributed by atoms with E-state index in [1.165, 1.54) is 11.9 Å². The lowest BCUT2D eigenvalue weighted by molar-refractivity contribution is -0.121. The molecule has 0 spiro atoms. The van der Waals surface area contributed by atoms with Crippen LogP contribution < -0.4 is 10.1 Å². The first-order valence-corrected chi connectivity index (χ1v) is 10.1. The number of nitrogens with one attached hydrogen (secondary N) is 1. The van der Waals surface area contributed by atoms with Crippen LogP contribution in [0.5, 0.6) is 5.75 Å². The zero-order valence-electron chi connectivity index (χ0n) is 16.0. The molecule has 4 rings (SSSR count). The Balaban J connectivity index is 1.28. The highest BCUT2D eigenvalue weighted by molar-refractivity contribution is 6.32. The molecule has 0 fully saturated rings. The number of carbonyl (C=O) groups is 1. The van der Waals surface area contributed by atoms with Crippen LogP contribution in [0, 0.1) is 0 Å². The number of amides is 1. The molecule has 0 unspecified atom stereocenters. The molecule has 1 aromatic heterocycles. The van der Waals surface area contributed by atoms with Gasteiger partial charge in [-0.15, -0.1) is 0 Å². The number of hydrogen-bond donors (Lipinski definition) is 1. The maximum atomic E-state index is 12.2. The highest BCUT2D eigenvalue weighted by atomic mass is 35.5. The molecule has 1 aliphatic rings. The van der Waals surface area contributed by atoms with Gasteiger partial charge in [0.1, 0.15) is 18.2 Å². The van der Waals surface area contributed by atoms with Crippen molar-refractivity contribution < 1.29 is 9.53 Å². The first-order chi connectivity index (χ1) is 14.2. The molecule has 1 N–H and O–H groups in total. The van der Waals surface area contributed by atoms with Crippen LogP contribution in [0.4, 0.5) is 0 Å². The van der Waals surface area contributed by atoms with E-state index in [1.807, 2.05) is 24.3 Å². The largest absolute Gasteiger partial charge is 0.486 e. The van der Waals surface area contributed by atoms with E-state index in [4.69, 9.17) is 16.3 Å². The Bertz CT molecular complexity index is 980. The van der Waals surface area contributed by atoms with Crippen LogP contribution in [0.1, 0.15) is 24.0 Å². The second kappa shape index (κ2) is 9.05. The SMILES string of the molecule is O=C(CCCc1ccccc1)NC[C@@H]1Cc2cc(-c3cncnc3)cc(Cl)c2O1. The summed E-state index contributed by atoms with van der Waals surface area (Å²) in [6, 6.07) is 14.1. The first kappa shape index (κ1) is 19.4. The van der Waals surface area contributed by atoms with Gasteiger partial charge in [-0.1, -0.05) is 41.9 Å². The smallest absolute Gasteiger partial charge is 0.220 e. The molecule has 148 valence electrons. The van der Waals surface area contributed by atoms with Crippen LogP contribution >= 0.6 is 11.6 Å². The van der Waals surface area contributed by atoms with E-state index in [0.29, 0.717) is 30.2 Å². The van der Waals surface area contributed by atoms with E-state index in [1.54, 1.807) is 12.4 Å². The predicted molar refractivity (Wildman–Crippen MR) is 113 cm³/mol. The van der Waals surface area contributed by atoms with Crippen molar-refractivity contribution >= 4 is 17.5 Å². The number of carbonyl (C=O) groups excluding carboxylic acids is 1. The Morgan fingerprint density at radius 3 is 2.72 bits per heavy atom. The van der Waals surface area contributed by atoms with Crippen LogP contribution in [-0.4, -0.2) is 28.5 Å². The third-order valence-corrected chi connectivity index (χ3v) is 5.27. The van der Waals surface area contributed by atoms with Crippen LogP contribution in [0.2, 0.25) is 5.02 Å². The fourth-order valence-corrected chi connectivity index (χ4v) is 3.81. The predicted octanol–water partition coefficient (Wildman–Crippen LogP) is 4.24. The van der Waals surface area contributed by atoms with Gasteiger partial charge in [0.15, 0.2) is 0 Å². The summed E-state index contributed by atoms with van der Waals surface area (Å²) in [6.45, 7) is 0.471. The Morgan fingerprint density at radius 1 is 1.14 bits per heavy atom. The lowest BCUT2D eigenvalue weighted by atomic mass is 10.0. The minimum atomic E-state index is -0.108. The summed E-state index contributed by atoms with van der Waals surface area (Å²) < 4.78 is 5.97. The molecule has 1 aliphatic heterocycles. The molecule has 0 bridgehead atoms. The van der Waals surface area contributed by atoms with E-state index in [0.717, 1.165) is 29.5 Å². The van der Waals surface area contributed by atoms with E-state index >= 15 is 0 Å². The van der Waals surface area contributed by atoms with Gasteiger partial charge in [-0.2, -0.15) is 0 Å². The molecule has 0 saturated heterocycles. The number of aryl methyl sites for hydroxylation is 1. The second-order valence-corrected chi connectivity index (χ2v) is 7.57. The van der Waals surface area contributed by atoms with Crippen molar-refractivity contribution in [1.29, 1.82) is 0 Å². The zero-order chi connectivity index (χ0) is 20.1. The fourth-order valence-electron chi connectivity index (χ4n) is 3.53. The lowest BCUT2D eigenvalue weighted by Gasteiger charge is -2.12. The molecule has 1 amide bonds. The molecule has 2 aromatic carbocycles. The van der Waals surface area contributed by atoms with Crippen molar-refractivity contribution in [2.75, 3.05) is 6.54 Å². The quantitative estimate of drug-likeness (QED) is 0.636. The molecule has 0 saturated carbocycles. The summed E-state index contributed by atoms with van der Waals surface area (Å²) in [5, 5.41) is 3.55. The van der Waals surface area contributed by atoms with Crippen molar-refractivity contribution in [3.8, 4) is 16.9 Å². The van der Waals surface area contributed by atoms with Gasteiger partial charge in [-0.25, -0.2) is 9.97 Å². The van der Waals surface area contributed by atoms with Gasteiger partial charge in [0.25, 0.3) is 0 Å². The topological polar surface area (TPSA) is 64.1 Å². The molecule has 3 aromatic rings. The second-order valence-electron chi connectivity index (χ2n) is 7.16. The van der Waals surface area contributed by atoms with Crippen LogP contribution in [-0.2, 0) is 17.6 Å². The normalized spacial score (nSPS) is 14.9. The minimum absolute atomic E-state index is 0.0497. The van der Waals surface area contributed by atoms with Crippen molar-refractivity contribution in [2.45, 2.75) is 31.8 Å². The number of rotatable bonds is 7. The van der Waals surface area contributed by atoms with Gasteiger partial charge in [0, 0.05) is 36.4 Å². The minimum Gasteiger partial charge on any atom is -0.486 e. The number of nitrogens with zero attached hydrogens (tertiary/aromatic N) is 2. The fraction of sp³-hybridized carbons (Fsp3) is 0.261. The number of fused-ring (bicyclic) bond motifs is 1. The summed E-state index contributed by atoms with van der Waals surface area (Å²) >= 11 is 6.43. The Morgan fingerprint density at radius 2 is 1.93 bits per heavy atom. The van der Waals surface area contributed by atoms with Crippen molar-refractivity contribution in [1.82, 2.24) is 15.3 Å². The van der Waals surface area contributed by atoms with Gasteiger partial charge in [0.2, 0.25) is 5.91 Å². The summed E-state index contributed by atoms with van der Waals surface area (Å²) in [7, 11) is 0. The molecular weight excluding hydrogens is 386 g/mol. The molecule has 1 atom stereocenters. The number of halogens is 1. The third-order valence-electron chi connectivity index (χ3n) is 4.99. The van der Waals surface area contributed by atoms with Crippen LogP contribution in [0.25, 0.3) is 11.1 Å². The highest BCUT2D eigenvalue weighted by Crippen LogP contribution is 2.39. The van der Waals surface area contributed by atoms with E-state index in [-0.39, 0.29) is 12.0 Å². The van der Waals surface area contributed by atoms with Gasteiger partial charge < -0.3 is 10.1 Å². The zero-order valence-corrected chi connectivity index (χ0v) is 16.7. The van der Waals surface area contributed by atoms with Gasteiger partial charge in [-0.05, 0) is 36.1 Å². The van der Waals surface area contributed by atoms with Gasteiger partial charge >= 0.3 is 0 Å². The van der Waals surface area contributed by atoms with Gasteiger partial charge in [-0.3, -0.25) is 4.79 Å². The molecule has 29 heavy (non-hydrogen) atoms. The molecule has 6 heteroatoms. The lowest BCUT2D eigenvalue weighted by Crippen LogP contribution is -2.34. The molecular formula is C23H22ClN3O2. The van der Waals surface area contributed by atoms with Crippen molar-refractivity contribution in [3.63, 3.8) is 0 Å². The monoisotopic (exact) mass is 407 g/mol.